The van der Waals surface area contributed by atoms with Crippen molar-refractivity contribution in [2.24, 2.45) is 0 Å². The Kier molecular flexibility index (Phi) is 2.86. The lowest BCUT2D eigenvalue weighted by Gasteiger charge is -2.12. The highest BCUT2D eigenvalue weighted by atomic mass is 16.1. The van der Waals surface area contributed by atoms with Crippen molar-refractivity contribution in [3.05, 3.63) is 59.2 Å². The second-order valence-electron chi connectivity index (χ2n) is 5.30. The van der Waals surface area contributed by atoms with Crippen LogP contribution in [-0.4, -0.2) is 11.9 Å². The van der Waals surface area contributed by atoms with E-state index >= 15 is 0 Å². The molecular formula is C17H17NO. The fraction of sp³-hybridized carbons (Fsp3) is 0.235. The van der Waals surface area contributed by atoms with Gasteiger partial charge < -0.3 is 5.32 Å². The molecule has 96 valence electrons. The van der Waals surface area contributed by atoms with Crippen molar-refractivity contribution in [2.75, 3.05) is 0 Å². The van der Waals surface area contributed by atoms with Crippen molar-refractivity contribution < 1.29 is 4.79 Å². The number of hydrogen-bond donors (Lipinski definition) is 1. The number of benzene rings is 2. The molecule has 0 spiro atoms. The van der Waals surface area contributed by atoms with Gasteiger partial charge >= 0.3 is 0 Å². The summed E-state index contributed by atoms with van der Waals surface area (Å²) in [6.07, 6.45) is 0.925. The molecule has 0 unspecified atom stereocenters. The van der Waals surface area contributed by atoms with Crippen LogP contribution in [-0.2, 0) is 6.42 Å². The third-order valence-corrected chi connectivity index (χ3v) is 3.48. The van der Waals surface area contributed by atoms with Crippen molar-refractivity contribution in [1.29, 1.82) is 0 Å². The molecule has 1 aliphatic rings. The third kappa shape index (κ3) is 2.03. The number of hydrogen-bond acceptors (Lipinski definition) is 1. The molecule has 0 heterocycles. The summed E-state index contributed by atoms with van der Waals surface area (Å²) in [5, 5.41) is 2.98. The number of fused-ring (bicyclic) bond motifs is 3. The van der Waals surface area contributed by atoms with Gasteiger partial charge in [-0.3, -0.25) is 4.79 Å². The fourth-order valence-electron chi connectivity index (χ4n) is 2.72. The molecule has 0 saturated heterocycles. The molecule has 3 rings (SSSR count). The van der Waals surface area contributed by atoms with Gasteiger partial charge in [-0.1, -0.05) is 36.4 Å². The van der Waals surface area contributed by atoms with Crippen LogP contribution < -0.4 is 5.32 Å². The molecule has 0 atom stereocenters. The molecule has 19 heavy (non-hydrogen) atoms. The maximum atomic E-state index is 12.3. The maximum Gasteiger partial charge on any atom is 0.252 e. The van der Waals surface area contributed by atoms with Crippen molar-refractivity contribution in [2.45, 2.75) is 26.3 Å². The Balaban J connectivity index is 2.11. The average molecular weight is 251 g/mol. The minimum Gasteiger partial charge on any atom is -0.350 e. The van der Waals surface area contributed by atoms with Crippen molar-refractivity contribution in [3.63, 3.8) is 0 Å². The van der Waals surface area contributed by atoms with Gasteiger partial charge in [-0.05, 0) is 48.6 Å². The van der Waals surface area contributed by atoms with Gasteiger partial charge in [-0.15, -0.1) is 0 Å². The van der Waals surface area contributed by atoms with Crippen LogP contribution in [0.2, 0.25) is 0 Å². The number of nitrogens with one attached hydrogen (secondary N) is 1. The molecule has 2 heteroatoms. The predicted molar refractivity (Wildman–Crippen MR) is 77.3 cm³/mol. The second-order valence-corrected chi connectivity index (χ2v) is 5.30. The highest BCUT2D eigenvalue weighted by Crippen LogP contribution is 2.38. The Morgan fingerprint density at radius 3 is 2.58 bits per heavy atom. The third-order valence-electron chi connectivity index (χ3n) is 3.48. The highest BCUT2D eigenvalue weighted by Gasteiger charge is 2.23. The molecular weight excluding hydrogens is 234 g/mol. The Morgan fingerprint density at radius 2 is 1.79 bits per heavy atom. The summed E-state index contributed by atoms with van der Waals surface area (Å²) < 4.78 is 0. The van der Waals surface area contributed by atoms with Crippen molar-refractivity contribution >= 4 is 5.91 Å². The number of rotatable bonds is 2. The normalized spacial score (nSPS) is 12.2. The van der Waals surface area contributed by atoms with Crippen LogP contribution >= 0.6 is 0 Å². The van der Waals surface area contributed by atoms with Crippen LogP contribution in [0.1, 0.15) is 35.3 Å². The predicted octanol–water partition coefficient (Wildman–Crippen LogP) is 3.40. The van der Waals surface area contributed by atoms with Crippen LogP contribution in [0.15, 0.2) is 42.5 Å². The van der Waals surface area contributed by atoms with E-state index in [0.29, 0.717) is 0 Å². The molecule has 0 aromatic heterocycles. The van der Waals surface area contributed by atoms with E-state index in [1.807, 2.05) is 32.0 Å². The zero-order chi connectivity index (χ0) is 13.4. The van der Waals surface area contributed by atoms with Crippen molar-refractivity contribution in [1.82, 2.24) is 5.32 Å². The summed E-state index contributed by atoms with van der Waals surface area (Å²) in [4.78, 5) is 12.3. The first-order valence-electron chi connectivity index (χ1n) is 6.68. The minimum absolute atomic E-state index is 0.0172. The van der Waals surface area contributed by atoms with E-state index < -0.39 is 0 Å². The van der Waals surface area contributed by atoms with Crippen LogP contribution in [0.25, 0.3) is 11.1 Å². The summed E-state index contributed by atoms with van der Waals surface area (Å²) in [5.74, 6) is 0.0172. The molecule has 0 bridgehead atoms. The maximum absolute atomic E-state index is 12.3. The first-order valence-corrected chi connectivity index (χ1v) is 6.68. The molecule has 0 radical (unpaired) electrons. The Bertz CT molecular complexity index is 643. The summed E-state index contributed by atoms with van der Waals surface area (Å²) >= 11 is 0. The van der Waals surface area contributed by atoms with Crippen LogP contribution in [0.5, 0.6) is 0 Å². The lowest BCUT2D eigenvalue weighted by Crippen LogP contribution is -2.30. The van der Waals surface area contributed by atoms with E-state index in [-0.39, 0.29) is 11.9 Å². The first-order chi connectivity index (χ1) is 9.16. The number of amides is 1. The lowest BCUT2D eigenvalue weighted by molar-refractivity contribution is 0.0944. The first kappa shape index (κ1) is 12.0. The van der Waals surface area contributed by atoms with Crippen LogP contribution in [0.4, 0.5) is 0 Å². The van der Waals surface area contributed by atoms with Gasteiger partial charge in [0.1, 0.15) is 0 Å². The SMILES string of the molecule is CC(C)NC(=O)c1cccc2c1-c1ccccc1C2. The molecule has 0 saturated carbocycles. The number of carbonyl (C=O) groups is 1. The van der Waals surface area contributed by atoms with Gasteiger partial charge in [-0.2, -0.15) is 0 Å². The van der Waals surface area contributed by atoms with Gasteiger partial charge in [0.25, 0.3) is 5.91 Å². The van der Waals surface area contributed by atoms with Gasteiger partial charge in [0, 0.05) is 11.6 Å². The van der Waals surface area contributed by atoms with E-state index in [2.05, 4.69) is 29.6 Å². The highest BCUT2D eigenvalue weighted by molar-refractivity contribution is 6.03. The van der Waals surface area contributed by atoms with E-state index in [4.69, 9.17) is 0 Å². The van der Waals surface area contributed by atoms with Gasteiger partial charge in [0.05, 0.1) is 0 Å². The zero-order valence-corrected chi connectivity index (χ0v) is 11.2. The van der Waals surface area contributed by atoms with E-state index in [9.17, 15) is 4.79 Å². The second kappa shape index (κ2) is 4.54. The van der Waals surface area contributed by atoms with E-state index in [1.165, 1.54) is 16.7 Å². The molecule has 1 amide bonds. The molecule has 1 N–H and O–H groups in total. The zero-order valence-electron chi connectivity index (χ0n) is 11.2. The van der Waals surface area contributed by atoms with E-state index in [1.54, 1.807) is 0 Å². The Morgan fingerprint density at radius 1 is 1.05 bits per heavy atom. The topological polar surface area (TPSA) is 29.1 Å². The fourth-order valence-corrected chi connectivity index (χ4v) is 2.72. The number of carbonyl (C=O) groups excluding carboxylic acids is 1. The smallest absolute Gasteiger partial charge is 0.252 e. The van der Waals surface area contributed by atoms with Gasteiger partial charge in [0.15, 0.2) is 0 Å². The quantitative estimate of drug-likeness (QED) is 0.743. The summed E-state index contributed by atoms with van der Waals surface area (Å²) in [5.41, 5.74) is 5.65. The van der Waals surface area contributed by atoms with Gasteiger partial charge in [0.2, 0.25) is 0 Å². The summed E-state index contributed by atoms with van der Waals surface area (Å²) in [6, 6.07) is 14.5. The lowest BCUT2D eigenvalue weighted by atomic mass is 9.99. The molecule has 2 nitrogen and oxygen atoms in total. The Labute approximate surface area is 113 Å². The van der Waals surface area contributed by atoms with E-state index in [0.717, 1.165) is 17.5 Å². The monoisotopic (exact) mass is 251 g/mol. The summed E-state index contributed by atoms with van der Waals surface area (Å²) in [6.45, 7) is 3.96. The van der Waals surface area contributed by atoms with Gasteiger partial charge in [-0.25, -0.2) is 0 Å². The molecule has 2 aromatic rings. The minimum atomic E-state index is 0.0172. The molecule has 0 aliphatic heterocycles. The summed E-state index contributed by atoms with van der Waals surface area (Å²) in [7, 11) is 0. The molecule has 2 aromatic carbocycles. The molecule has 1 aliphatic carbocycles. The molecule has 0 fully saturated rings. The van der Waals surface area contributed by atoms with Crippen molar-refractivity contribution in [3.8, 4) is 11.1 Å². The largest absolute Gasteiger partial charge is 0.350 e. The average Bonchev–Trinajstić information content (AvgIpc) is 2.76. The van der Waals surface area contributed by atoms with Crippen LogP contribution in [0.3, 0.4) is 0 Å². The Hall–Kier alpha value is -2.09. The van der Waals surface area contributed by atoms with Crippen LogP contribution in [0, 0.1) is 0 Å². The standard InChI is InChI=1S/C17H17NO/c1-11(2)18-17(19)15-9-5-7-13-10-12-6-3-4-8-14(12)16(13)15/h3-9,11H,10H2,1-2H3,(H,18,19).